The van der Waals surface area contributed by atoms with Crippen LogP contribution in [-0.2, 0) is 6.61 Å². The normalized spacial score (nSPS) is 10.7. The van der Waals surface area contributed by atoms with Gasteiger partial charge in [0.05, 0.1) is 5.52 Å². The maximum atomic E-state index is 11.4. The van der Waals surface area contributed by atoms with Crippen molar-refractivity contribution in [3.8, 4) is 17.2 Å². The molecule has 1 heterocycles. The van der Waals surface area contributed by atoms with Gasteiger partial charge in [-0.05, 0) is 17.7 Å². The molecular weight excluding hydrogens is 270 g/mol. The summed E-state index contributed by atoms with van der Waals surface area (Å²) in [5, 5.41) is 19.5. The summed E-state index contributed by atoms with van der Waals surface area (Å²) in [7, 11) is 0. The second kappa shape index (κ2) is 5.20. The Kier molecular flexibility index (Phi) is 3.23. The number of nitrogens with one attached hydrogen (secondary N) is 1. The number of rotatable bonds is 3. The molecule has 0 amide bonds. The van der Waals surface area contributed by atoms with E-state index in [9.17, 15) is 15.0 Å². The van der Waals surface area contributed by atoms with Crippen molar-refractivity contribution >= 4 is 10.9 Å². The molecule has 3 rings (SSSR count). The highest BCUT2D eigenvalue weighted by atomic mass is 16.5. The zero-order chi connectivity index (χ0) is 14.8. The Labute approximate surface area is 120 Å². The molecule has 0 fully saturated rings. The van der Waals surface area contributed by atoms with Gasteiger partial charge in [0.25, 0.3) is 5.56 Å². The van der Waals surface area contributed by atoms with Gasteiger partial charge in [0, 0.05) is 11.5 Å². The average Bonchev–Trinajstić information content (AvgIpc) is 2.51. The highest BCUT2D eigenvalue weighted by molar-refractivity contribution is 5.87. The van der Waals surface area contributed by atoms with Crippen molar-refractivity contribution in [3.63, 3.8) is 0 Å². The molecule has 106 valence electrons. The molecule has 0 spiro atoms. The van der Waals surface area contributed by atoms with Crippen LogP contribution < -0.4 is 10.3 Å². The van der Waals surface area contributed by atoms with Crippen molar-refractivity contribution in [3.05, 3.63) is 64.4 Å². The number of fused-ring (bicyclic) bond motifs is 1. The largest absolute Gasteiger partial charge is 0.504 e. The van der Waals surface area contributed by atoms with Gasteiger partial charge >= 0.3 is 0 Å². The SMILES string of the molecule is O=c1[nH]c2cc(OCc3ccccc3)ccc2c(O)c1O. The van der Waals surface area contributed by atoms with E-state index in [4.69, 9.17) is 4.74 Å². The number of aromatic nitrogens is 1. The van der Waals surface area contributed by atoms with Crippen molar-refractivity contribution in [2.45, 2.75) is 6.61 Å². The van der Waals surface area contributed by atoms with E-state index >= 15 is 0 Å². The Morgan fingerprint density at radius 2 is 1.76 bits per heavy atom. The van der Waals surface area contributed by atoms with Crippen LogP contribution in [0.25, 0.3) is 10.9 Å². The van der Waals surface area contributed by atoms with Crippen molar-refractivity contribution in [2.24, 2.45) is 0 Å². The molecule has 0 aliphatic carbocycles. The van der Waals surface area contributed by atoms with Gasteiger partial charge in [0.15, 0.2) is 5.75 Å². The van der Waals surface area contributed by atoms with E-state index in [0.717, 1.165) is 5.56 Å². The van der Waals surface area contributed by atoms with Crippen LogP contribution >= 0.6 is 0 Å². The molecule has 0 bridgehead atoms. The average molecular weight is 283 g/mol. The maximum absolute atomic E-state index is 11.4. The van der Waals surface area contributed by atoms with Crippen molar-refractivity contribution in [1.82, 2.24) is 4.98 Å². The second-order valence-corrected chi connectivity index (χ2v) is 4.63. The summed E-state index contributed by atoms with van der Waals surface area (Å²) in [4.78, 5) is 13.9. The smallest absolute Gasteiger partial charge is 0.294 e. The molecule has 5 nitrogen and oxygen atoms in total. The molecule has 0 unspecified atom stereocenters. The van der Waals surface area contributed by atoms with Crippen molar-refractivity contribution in [2.75, 3.05) is 0 Å². The molecule has 5 heteroatoms. The Balaban J connectivity index is 1.91. The van der Waals surface area contributed by atoms with Gasteiger partial charge in [-0.2, -0.15) is 0 Å². The first-order valence-electron chi connectivity index (χ1n) is 6.40. The molecule has 0 radical (unpaired) electrons. The zero-order valence-electron chi connectivity index (χ0n) is 11.0. The maximum Gasteiger partial charge on any atom is 0.294 e. The fraction of sp³-hybridized carbons (Fsp3) is 0.0625. The molecule has 1 aromatic heterocycles. The number of ether oxygens (including phenoxy) is 1. The standard InChI is InChI=1S/C16H13NO4/c18-14-12-7-6-11(8-13(12)17-16(20)15(14)19)21-9-10-4-2-1-3-5-10/h1-8,19H,9H2,(H2,17,18,20). The van der Waals surface area contributed by atoms with Crippen LogP contribution in [0.15, 0.2) is 53.3 Å². The predicted octanol–water partition coefficient (Wildman–Crippen LogP) is 2.52. The van der Waals surface area contributed by atoms with E-state index < -0.39 is 17.1 Å². The molecule has 0 aliphatic heterocycles. The van der Waals surface area contributed by atoms with Crippen LogP contribution in [0.5, 0.6) is 17.2 Å². The lowest BCUT2D eigenvalue weighted by atomic mass is 10.2. The first kappa shape index (κ1) is 13.1. The van der Waals surface area contributed by atoms with Gasteiger partial charge in [-0.1, -0.05) is 30.3 Å². The minimum Gasteiger partial charge on any atom is -0.504 e. The topological polar surface area (TPSA) is 82.6 Å². The summed E-state index contributed by atoms with van der Waals surface area (Å²) in [6, 6.07) is 14.6. The third-order valence-corrected chi connectivity index (χ3v) is 3.18. The quantitative estimate of drug-likeness (QED) is 0.689. The molecule has 21 heavy (non-hydrogen) atoms. The number of aromatic hydroxyl groups is 2. The number of H-pyrrole nitrogens is 1. The molecule has 0 aliphatic rings. The molecule has 0 saturated heterocycles. The van der Waals surface area contributed by atoms with Crippen LogP contribution in [0.2, 0.25) is 0 Å². The molecular formula is C16H13NO4. The van der Waals surface area contributed by atoms with Crippen LogP contribution in [0.4, 0.5) is 0 Å². The predicted molar refractivity (Wildman–Crippen MR) is 78.7 cm³/mol. The Bertz CT molecular complexity index is 840. The van der Waals surface area contributed by atoms with Crippen LogP contribution in [0.3, 0.4) is 0 Å². The third-order valence-electron chi connectivity index (χ3n) is 3.18. The van der Waals surface area contributed by atoms with Gasteiger partial charge in [-0.15, -0.1) is 0 Å². The number of hydrogen-bond donors (Lipinski definition) is 3. The highest BCUT2D eigenvalue weighted by Crippen LogP contribution is 2.31. The van der Waals surface area contributed by atoms with E-state index in [-0.39, 0.29) is 0 Å². The molecule has 3 aromatic rings. The summed E-state index contributed by atoms with van der Waals surface area (Å²) in [5.74, 6) is -0.545. The number of hydrogen-bond acceptors (Lipinski definition) is 4. The van der Waals surface area contributed by atoms with E-state index in [1.165, 1.54) is 0 Å². The summed E-state index contributed by atoms with van der Waals surface area (Å²) >= 11 is 0. The summed E-state index contributed by atoms with van der Waals surface area (Å²) in [5.41, 5.74) is 0.695. The molecule has 3 N–H and O–H groups in total. The minimum absolute atomic E-state index is 0.360. The minimum atomic E-state index is -0.736. The monoisotopic (exact) mass is 283 g/mol. The van der Waals surface area contributed by atoms with E-state index in [2.05, 4.69) is 4.98 Å². The fourth-order valence-corrected chi connectivity index (χ4v) is 2.08. The Morgan fingerprint density at radius 1 is 1.00 bits per heavy atom. The van der Waals surface area contributed by atoms with Crippen LogP contribution in [-0.4, -0.2) is 15.2 Å². The molecule has 0 saturated carbocycles. The van der Waals surface area contributed by atoms with Crippen molar-refractivity contribution < 1.29 is 14.9 Å². The Hall–Kier alpha value is -2.95. The Morgan fingerprint density at radius 3 is 2.52 bits per heavy atom. The van der Waals surface area contributed by atoms with E-state index in [1.54, 1.807) is 18.2 Å². The third kappa shape index (κ3) is 2.53. The number of pyridine rings is 1. The first-order chi connectivity index (χ1) is 10.1. The van der Waals surface area contributed by atoms with Gasteiger partial charge in [0.2, 0.25) is 5.75 Å². The molecule has 0 atom stereocenters. The van der Waals surface area contributed by atoms with Gasteiger partial charge in [-0.3, -0.25) is 4.79 Å². The van der Waals surface area contributed by atoms with Gasteiger partial charge in [-0.25, -0.2) is 0 Å². The molecule has 2 aromatic carbocycles. The lowest BCUT2D eigenvalue weighted by Gasteiger charge is -2.08. The van der Waals surface area contributed by atoms with E-state index in [0.29, 0.717) is 23.3 Å². The van der Waals surface area contributed by atoms with Gasteiger partial charge in [0.1, 0.15) is 12.4 Å². The van der Waals surface area contributed by atoms with Crippen LogP contribution in [0, 0.1) is 0 Å². The number of aromatic amines is 1. The van der Waals surface area contributed by atoms with E-state index in [1.807, 2.05) is 30.3 Å². The number of benzene rings is 2. The summed E-state index contributed by atoms with van der Waals surface area (Å²) in [6.07, 6.45) is 0. The van der Waals surface area contributed by atoms with Gasteiger partial charge < -0.3 is 19.9 Å². The summed E-state index contributed by atoms with van der Waals surface area (Å²) in [6.45, 7) is 0.403. The van der Waals surface area contributed by atoms with Crippen molar-refractivity contribution in [1.29, 1.82) is 0 Å². The fourth-order valence-electron chi connectivity index (χ4n) is 2.08. The lowest BCUT2D eigenvalue weighted by Crippen LogP contribution is -2.05. The highest BCUT2D eigenvalue weighted by Gasteiger charge is 2.10. The second-order valence-electron chi connectivity index (χ2n) is 4.63. The summed E-state index contributed by atoms with van der Waals surface area (Å²) < 4.78 is 5.64. The zero-order valence-corrected chi connectivity index (χ0v) is 11.0. The first-order valence-corrected chi connectivity index (χ1v) is 6.40. The van der Waals surface area contributed by atoms with Crippen LogP contribution in [0.1, 0.15) is 5.56 Å². The lowest BCUT2D eigenvalue weighted by molar-refractivity contribution is 0.306.